The second kappa shape index (κ2) is 12.8. The third-order valence-electron chi connectivity index (χ3n) is 9.60. The first-order chi connectivity index (χ1) is 24.8. The van der Waals surface area contributed by atoms with Crippen LogP contribution >= 0.6 is 0 Å². The van der Waals surface area contributed by atoms with E-state index in [9.17, 15) is 0 Å². The third kappa shape index (κ3) is 5.24. The van der Waals surface area contributed by atoms with Crippen LogP contribution in [0.5, 0.6) is 0 Å². The summed E-state index contributed by atoms with van der Waals surface area (Å²) in [6.45, 7) is 0. The molecule has 2 heteroatoms. The van der Waals surface area contributed by atoms with Crippen LogP contribution in [0.25, 0.3) is 44.5 Å². The number of nitrogens with zero attached hydrogens (tertiary/aromatic N) is 2. The van der Waals surface area contributed by atoms with Crippen molar-refractivity contribution in [2.45, 2.75) is 0 Å². The molecule has 2 nitrogen and oxygen atoms in total. The van der Waals surface area contributed by atoms with Gasteiger partial charge in [0.15, 0.2) is 0 Å². The van der Waals surface area contributed by atoms with Crippen LogP contribution in [-0.2, 0) is 0 Å². The summed E-state index contributed by atoms with van der Waals surface area (Å²) in [6, 6.07) is 74.2. The molecule has 9 rings (SSSR count). The van der Waals surface area contributed by atoms with Gasteiger partial charge in [0.2, 0.25) is 0 Å². The number of rotatable bonds is 6. The van der Waals surface area contributed by atoms with Crippen LogP contribution in [0, 0.1) is 0 Å². The Hall–Kier alpha value is -6.64. The molecule has 0 aliphatic heterocycles. The summed E-state index contributed by atoms with van der Waals surface area (Å²) in [5.74, 6) is 0. The normalized spacial score (nSPS) is 11.2. The van der Waals surface area contributed by atoms with Gasteiger partial charge in [0.1, 0.15) is 0 Å². The molecular weight excluding hydrogens is 605 g/mol. The number of fused-ring (bicyclic) bond motifs is 8. The smallest absolute Gasteiger partial charge is 0.0468 e. The van der Waals surface area contributed by atoms with Gasteiger partial charge in [-0.3, -0.25) is 0 Å². The quantitative estimate of drug-likeness (QED) is 0.179. The van der Waals surface area contributed by atoms with Crippen LogP contribution < -0.4 is 9.80 Å². The van der Waals surface area contributed by atoms with Crippen LogP contribution in [0.3, 0.4) is 0 Å². The molecule has 0 saturated heterocycles. The molecule has 0 radical (unpaired) electrons. The van der Waals surface area contributed by atoms with Crippen LogP contribution in [0.1, 0.15) is 0 Å². The molecule has 0 atom stereocenters. The lowest BCUT2D eigenvalue weighted by Gasteiger charge is -2.30. The predicted octanol–water partition coefficient (Wildman–Crippen LogP) is 13.6. The fourth-order valence-corrected chi connectivity index (χ4v) is 7.37. The lowest BCUT2D eigenvalue weighted by molar-refractivity contribution is 1.28. The second-order valence-electron chi connectivity index (χ2n) is 12.6. The van der Waals surface area contributed by atoms with Crippen molar-refractivity contribution in [1.82, 2.24) is 0 Å². The molecular formula is C48H34N2. The molecule has 50 heavy (non-hydrogen) atoms. The Kier molecular flexibility index (Phi) is 7.53. The van der Waals surface area contributed by atoms with Crippen molar-refractivity contribution in [2.24, 2.45) is 0 Å². The molecule has 0 unspecified atom stereocenters. The zero-order valence-corrected chi connectivity index (χ0v) is 27.5. The lowest BCUT2D eigenvalue weighted by atomic mass is 9.80. The zero-order chi connectivity index (χ0) is 33.3. The van der Waals surface area contributed by atoms with Gasteiger partial charge in [-0.2, -0.15) is 0 Å². The first kappa shape index (κ1) is 29.5. The van der Waals surface area contributed by atoms with Gasteiger partial charge >= 0.3 is 0 Å². The highest BCUT2D eigenvalue weighted by Gasteiger charge is 2.25. The summed E-state index contributed by atoms with van der Waals surface area (Å²) in [4.78, 5) is 4.69. The Balaban J connectivity index is 1.32. The number of para-hydroxylation sites is 4. The molecule has 0 aromatic heterocycles. The van der Waals surface area contributed by atoms with Gasteiger partial charge in [-0.15, -0.1) is 0 Å². The summed E-state index contributed by atoms with van der Waals surface area (Å²) in [5.41, 5.74) is 16.4. The molecule has 0 amide bonds. The standard InChI is InChI=1S/C48H34N2/c1-5-17-35(18-6-1)49(36-19-7-2-8-20-36)39-29-31-45-43-27-14-13-25-41(43)42-26-15-16-28-44(42)47-33-40(30-32-46(47)48(45)34-39)50(37-21-9-3-10-22-37)38-23-11-4-12-24-38/h1-34H. The number of anilines is 6. The lowest BCUT2D eigenvalue weighted by Crippen LogP contribution is -2.11. The van der Waals surface area contributed by atoms with Crippen LogP contribution in [0.2, 0.25) is 0 Å². The van der Waals surface area contributed by atoms with Gasteiger partial charge < -0.3 is 9.80 Å². The Morgan fingerprint density at radius 2 is 0.420 bits per heavy atom. The van der Waals surface area contributed by atoms with Crippen molar-refractivity contribution in [1.29, 1.82) is 0 Å². The fourth-order valence-electron chi connectivity index (χ4n) is 7.37. The molecule has 8 aromatic rings. The molecule has 0 saturated carbocycles. The highest BCUT2D eigenvalue weighted by molar-refractivity contribution is 6.05. The Morgan fingerprint density at radius 1 is 0.180 bits per heavy atom. The summed E-state index contributed by atoms with van der Waals surface area (Å²) < 4.78 is 0. The molecule has 0 fully saturated rings. The van der Waals surface area contributed by atoms with Crippen molar-refractivity contribution in [3.63, 3.8) is 0 Å². The minimum Gasteiger partial charge on any atom is -0.310 e. The second-order valence-corrected chi connectivity index (χ2v) is 12.6. The van der Waals surface area contributed by atoms with E-state index in [1.54, 1.807) is 0 Å². The van der Waals surface area contributed by atoms with E-state index in [0.29, 0.717) is 0 Å². The molecule has 236 valence electrons. The van der Waals surface area contributed by atoms with Crippen molar-refractivity contribution >= 4 is 34.1 Å². The maximum absolute atomic E-state index is 2.38. The van der Waals surface area contributed by atoms with Gasteiger partial charge in [0.25, 0.3) is 0 Å². The van der Waals surface area contributed by atoms with Gasteiger partial charge in [-0.1, -0.05) is 133 Å². The van der Waals surface area contributed by atoms with Crippen LogP contribution in [-0.4, -0.2) is 0 Å². The van der Waals surface area contributed by atoms with E-state index in [-0.39, 0.29) is 0 Å². The molecule has 1 aliphatic rings. The average molecular weight is 639 g/mol. The first-order valence-electron chi connectivity index (χ1n) is 17.1. The Bertz CT molecular complexity index is 2230. The third-order valence-corrected chi connectivity index (χ3v) is 9.60. The van der Waals surface area contributed by atoms with E-state index < -0.39 is 0 Å². The Morgan fingerprint density at radius 3 is 0.740 bits per heavy atom. The topological polar surface area (TPSA) is 6.48 Å². The minimum absolute atomic E-state index is 1.11. The highest BCUT2D eigenvalue weighted by atomic mass is 15.1. The molecule has 1 aliphatic carbocycles. The summed E-state index contributed by atoms with van der Waals surface area (Å²) in [5, 5.41) is 0. The number of hydrogen-bond donors (Lipinski definition) is 0. The van der Waals surface area contributed by atoms with Gasteiger partial charge in [-0.25, -0.2) is 0 Å². The van der Waals surface area contributed by atoms with Crippen LogP contribution in [0.4, 0.5) is 34.1 Å². The monoisotopic (exact) mass is 638 g/mol. The van der Waals surface area contributed by atoms with Crippen molar-refractivity contribution in [3.8, 4) is 44.5 Å². The molecule has 0 spiro atoms. The molecule has 0 bridgehead atoms. The number of benzene rings is 8. The maximum atomic E-state index is 2.38. The largest absolute Gasteiger partial charge is 0.310 e. The van der Waals surface area contributed by atoms with Gasteiger partial charge in [-0.05, 0) is 117 Å². The van der Waals surface area contributed by atoms with E-state index in [2.05, 4.69) is 216 Å². The van der Waals surface area contributed by atoms with E-state index in [1.165, 1.54) is 44.5 Å². The average Bonchev–Trinajstić information content (AvgIpc) is 3.19. The minimum atomic E-state index is 1.11. The first-order valence-corrected chi connectivity index (χ1v) is 17.1. The van der Waals surface area contributed by atoms with Crippen molar-refractivity contribution in [2.75, 3.05) is 9.80 Å². The fraction of sp³-hybridized carbons (Fsp3) is 0. The highest BCUT2D eigenvalue weighted by Crippen LogP contribution is 2.51. The summed E-state index contributed by atoms with van der Waals surface area (Å²) in [6.07, 6.45) is 0. The zero-order valence-electron chi connectivity index (χ0n) is 27.5. The predicted molar refractivity (Wildman–Crippen MR) is 211 cm³/mol. The van der Waals surface area contributed by atoms with E-state index in [0.717, 1.165) is 34.1 Å². The molecule has 0 N–H and O–H groups in total. The Labute approximate surface area is 293 Å². The summed E-state index contributed by atoms with van der Waals surface area (Å²) >= 11 is 0. The van der Waals surface area contributed by atoms with Crippen molar-refractivity contribution < 1.29 is 0 Å². The maximum Gasteiger partial charge on any atom is 0.0468 e. The molecule has 0 heterocycles. The summed E-state index contributed by atoms with van der Waals surface area (Å²) in [7, 11) is 0. The van der Waals surface area contributed by atoms with E-state index in [1.807, 2.05) is 0 Å². The van der Waals surface area contributed by atoms with Gasteiger partial charge in [0.05, 0.1) is 0 Å². The molecule has 8 aromatic carbocycles. The SMILES string of the molecule is c1ccc(N(c2ccccc2)c2ccc3c(c2)-c2ccc(N(c4ccccc4)c4ccccc4)cc2-c2ccccc2-c2ccccc2-3)cc1. The van der Waals surface area contributed by atoms with E-state index >= 15 is 0 Å². The van der Waals surface area contributed by atoms with Gasteiger partial charge in [0, 0.05) is 34.1 Å². The van der Waals surface area contributed by atoms with E-state index in [4.69, 9.17) is 0 Å². The number of hydrogen-bond acceptors (Lipinski definition) is 2. The van der Waals surface area contributed by atoms with Crippen LogP contribution in [0.15, 0.2) is 206 Å². The van der Waals surface area contributed by atoms with Crippen molar-refractivity contribution in [3.05, 3.63) is 206 Å².